The predicted octanol–water partition coefficient (Wildman–Crippen LogP) is 1.50. The summed E-state index contributed by atoms with van der Waals surface area (Å²) in [5, 5.41) is 3.75. The van der Waals surface area contributed by atoms with Crippen LogP contribution in [0.25, 0.3) is 0 Å². The van der Waals surface area contributed by atoms with Crippen LogP contribution in [0.2, 0.25) is 0 Å². The van der Waals surface area contributed by atoms with Gasteiger partial charge in [-0.15, -0.1) is 11.3 Å². The Balaban J connectivity index is 1.50. The van der Waals surface area contributed by atoms with Crippen molar-refractivity contribution >= 4 is 28.2 Å². The summed E-state index contributed by atoms with van der Waals surface area (Å²) in [6, 6.07) is 0. The molecule has 0 atom stereocenters. The third kappa shape index (κ3) is 3.20. The molecule has 136 valence electrons. The number of nitrogens with one attached hydrogen (secondary N) is 1. The minimum absolute atomic E-state index is 0.0285. The van der Waals surface area contributed by atoms with Gasteiger partial charge in [0.2, 0.25) is 0 Å². The summed E-state index contributed by atoms with van der Waals surface area (Å²) in [5.74, 6) is -0.267. The lowest BCUT2D eigenvalue weighted by atomic mass is 10.1. The second-order valence-corrected chi connectivity index (χ2v) is 8.45. The first-order valence-electron chi connectivity index (χ1n) is 9.29. The number of aryl methyl sites for hydroxylation is 1. The van der Waals surface area contributed by atoms with E-state index < -0.39 is 0 Å². The van der Waals surface area contributed by atoms with Gasteiger partial charge in [0.05, 0.1) is 31.8 Å². The highest BCUT2D eigenvalue weighted by Gasteiger charge is 2.40. The van der Waals surface area contributed by atoms with Crippen LogP contribution in [0.5, 0.6) is 0 Å². The average Bonchev–Trinajstić information content (AvgIpc) is 3.16. The van der Waals surface area contributed by atoms with Gasteiger partial charge < -0.3 is 14.5 Å². The van der Waals surface area contributed by atoms with Crippen LogP contribution in [0.15, 0.2) is 0 Å². The van der Waals surface area contributed by atoms with E-state index in [1.807, 2.05) is 6.92 Å². The van der Waals surface area contributed by atoms with Crippen molar-refractivity contribution in [1.29, 1.82) is 0 Å². The molecular formula is C18H26N3O3S+. The monoisotopic (exact) mass is 364 g/mol. The summed E-state index contributed by atoms with van der Waals surface area (Å²) in [6.07, 6.45) is 2.99. The summed E-state index contributed by atoms with van der Waals surface area (Å²) in [4.78, 5) is 28.8. The van der Waals surface area contributed by atoms with E-state index in [1.54, 1.807) is 11.3 Å². The molecule has 0 radical (unpaired) electrons. The highest BCUT2D eigenvalue weighted by molar-refractivity contribution is 7.17. The van der Waals surface area contributed by atoms with Crippen LogP contribution in [0, 0.1) is 0 Å². The largest absolute Gasteiger partial charge is 0.462 e. The van der Waals surface area contributed by atoms with Crippen LogP contribution in [-0.2, 0) is 22.4 Å². The Morgan fingerprint density at radius 3 is 2.60 bits per heavy atom. The molecular weight excluding hydrogens is 338 g/mol. The lowest BCUT2D eigenvalue weighted by Gasteiger charge is -2.50. The van der Waals surface area contributed by atoms with Gasteiger partial charge in [-0.1, -0.05) is 0 Å². The van der Waals surface area contributed by atoms with Gasteiger partial charge in [-0.25, -0.2) is 4.79 Å². The van der Waals surface area contributed by atoms with E-state index in [1.165, 1.54) is 4.88 Å². The number of nitrogens with zero attached hydrogens (tertiary/aromatic N) is 2. The molecule has 25 heavy (non-hydrogen) atoms. The predicted molar refractivity (Wildman–Crippen MR) is 97.1 cm³/mol. The van der Waals surface area contributed by atoms with Crippen LogP contribution in [-0.4, -0.2) is 73.7 Å². The molecule has 1 aromatic rings. The first kappa shape index (κ1) is 17.0. The van der Waals surface area contributed by atoms with Crippen molar-refractivity contribution in [3.05, 3.63) is 16.0 Å². The van der Waals surface area contributed by atoms with Crippen LogP contribution in [0.3, 0.4) is 0 Å². The first-order chi connectivity index (χ1) is 12.1. The fourth-order valence-electron chi connectivity index (χ4n) is 4.35. The summed E-state index contributed by atoms with van der Waals surface area (Å²) < 4.78 is 6.13. The second kappa shape index (κ2) is 6.70. The van der Waals surface area contributed by atoms with Crippen LogP contribution in [0.1, 0.15) is 34.1 Å². The molecule has 5 rings (SSSR count). The number of ether oxygens (including phenoxy) is 1. The van der Waals surface area contributed by atoms with Crippen molar-refractivity contribution in [1.82, 2.24) is 4.90 Å². The third-order valence-electron chi connectivity index (χ3n) is 5.80. The number of fused-ring (bicyclic) bond motifs is 4. The van der Waals surface area contributed by atoms with Gasteiger partial charge in [0.15, 0.2) is 6.54 Å². The van der Waals surface area contributed by atoms with Gasteiger partial charge in [0.25, 0.3) is 5.91 Å². The van der Waals surface area contributed by atoms with Crippen LogP contribution < -0.4 is 5.32 Å². The normalized spacial score (nSPS) is 27.2. The number of carbonyl (C=O) groups is 2. The van der Waals surface area contributed by atoms with Gasteiger partial charge in [-0.2, -0.15) is 0 Å². The van der Waals surface area contributed by atoms with Gasteiger partial charge in [0, 0.05) is 24.5 Å². The summed E-state index contributed by atoms with van der Waals surface area (Å²) >= 11 is 1.56. The van der Waals surface area contributed by atoms with Gasteiger partial charge in [-0.05, 0) is 31.7 Å². The molecule has 1 aliphatic carbocycles. The number of rotatable bonds is 5. The number of thiophene rings is 1. The zero-order valence-electron chi connectivity index (χ0n) is 14.8. The Kier molecular flexibility index (Phi) is 4.56. The second-order valence-electron chi connectivity index (χ2n) is 7.34. The van der Waals surface area contributed by atoms with Gasteiger partial charge >= 0.3 is 5.97 Å². The minimum Gasteiger partial charge on any atom is -0.462 e. The molecule has 4 aliphatic rings. The first-order valence-corrected chi connectivity index (χ1v) is 10.1. The molecule has 0 aromatic carbocycles. The summed E-state index contributed by atoms with van der Waals surface area (Å²) in [5.41, 5.74) is 1.70. The average molecular weight is 364 g/mol. The van der Waals surface area contributed by atoms with Crippen molar-refractivity contribution in [3.63, 3.8) is 0 Å². The Labute approximate surface area is 152 Å². The fourth-order valence-corrected chi connectivity index (χ4v) is 5.64. The lowest BCUT2D eigenvalue weighted by Crippen LogP contribution is -2.68. The van der Waals surface area contributed by atoms with E-state index >= 15 is 0 Å². The van der Waals surface area contributed by atoms with E-state index in [-0.39, 0.29) is 11.9 Å². The highest BCUT2D eigenvalue weighted by Crippen LogP contribution is 2.39. The van der Waals surface area contributed by atoms with Crippen molar-refractivity contribution in [2.24, 2.45) is 0 Å². The van der Waals surface area contributed by atoms with E-state index in [0.717, 1.165) is 68.6 Å². The lowest BCUT2D eigenvalue weighted by molar-refractivity contribution is -0.933. The van der Waals surface area contributed by atoms with Crippen molar-refractivity contribution in [2.75, 3.05) is 57.7 Å². The molecule has 0 spiro atoms. The summed E-state index contributed by atoms with van der Waals surface area (Å²) in [6.45, 7) is 9.12. The maximum Gasteiger partial charge on any atom is 0.341 e. The molecule has 3 saturated heterocycles. The molecule has 3 aliphatic heterocycles. The molecule has 1 aromatic heterocycles. The van der Waals surface area contributed by atoms with Crippen molar-refractivity contribution < 1.29 is 18.8 Å². The Morgan fingerprint density at radius 1 is 1.20 bits per heavy atom. The number of quaternary nitrogens is 1. The van der Waals surface area contributed by atoms with E-state index in [4.69, 9.17) is 4.74 Å². The zero-order chi connectivity index (χ0) is 17.4. The van der Waals surface area contributed by atoms with Gasteiger partial charge in [0.1, 0.15) is 5.00 Å². The molecule has 4 heterocycles. The number of piperazine rings is 3. The number of hydrogen-bond donors (Lipinski definition) is 1. The van der Waals surface area contributed by atoms with Crippen LogP contribution >= 0.6 is 11.3 Å². The molecule has 1 N–H and O–H groups in total. The third-order valence-corrected chi connectivity index (χ3v) is 7.01. The Hall–Kier alpha value is -1.44. The van der Waals surface area contributed by atoms with Crippen LogP contribution in [0.4, 0.5) is 5.00 Å². The van der Waals surface area contributed by atoms with Gasteiger partial charge in [-0.3, -0.25) is 9.69 Å². The maximum absolute atomic E-state index is 12.7. The number of hydrogen-bond acceptors (Lipinski definition) is 5. The Bertz CT molecular complexity index is 678. The van der Waals surface area contributed by atoms with Crippen molar-refractivity contribution in [3.8, 4) is 0 Å². The minimum atomic E-state index is -0.296. The molecule has 7 heteroatoms. The standard InChI is InChI=1S/C18H25N3O3S/c1-2-24-18(23)16-13-4-3-5-14(13)25-17(16)19-15(22)12-21-9-6-20(7-10-21)8-11-21/h2-12H2,1H3/p+1. The molecule has 3 fully saturated rings. The van der Waals surface area contributed by atoms with E-state index in [0.29, 0.717) is 23.7 Å². The Morgan fingerprint density at radius 2 is 1.92 bits per heavy atom. The number of amides is 1. The fraction of sp³-hybridized carbons (Fsp3) is 0.667. The van der Waals surface area contributed by atoms with Crippen molar-refractivity contribution in [2.45, 2.75) is 26.2 Å². The smallest absolute Gasteiger partial charge is 0.341 e. The topological polar surface area (TPSA) is 58.6 Å². The zero-order valence-corrected chi connectivity index (χ0v) is 15.6. The maximum atomic E-state index is 12.7. The molecule has 2 bridgehead atoms. The molecule has 1 amide bonds. The number of carbonyl (C=O) groups excluding carboxylic acids is 2. The summed E-state index contributed by atoms with van der Waals surface area (Å²) in [7, 11) is 0. The molecule has 6 nitrogen and oxygen atoms in total. The van der Waals surface area contributed by atoms with E-state index in [9.17, 15) is 9.59 Å². The molecule has 0 saturated carbocycles. The highest BCUT2D eigenvalue weighted by atomic mass is 32.1. The number of esters is 1. The molecule has 0 unspecified atom stereocenters. The SMILES string of the molecule is CCOC(=O)c1c(NC(=O)C[N+]23CCN(CC2)CC3)sc2c1CCC2. The quantitative estimate of drug-likeness (QED) is 0.635. The number of anilines is 1. The van der Waals surface area contributed by atoms with E-state index in [2.05, 4.69) is 10.2 Å².